The van der Waals surface area contributed by atoms with E-state index in [2.05, 4.69) is 4.98 Å². The molecule has 0 spiro atoms. The lowest BCUT2D eigenvalue weighted by atomic mass is 10.1. The molecular formula is C9H3F6N3O2. The van der Waals surface area contributed by atoms with Crippen LogP contribution in [0.5, 0.6) is 0 Å². The van der Waals surface area contributed by atoms with Crippen molar-refractivity contribution in [1.82, 2.24) is 9.97 Å². The number of benzene rings is 1. The molecule has 5 nitrogen and oxygen atoms in total. The molecule has 0 saturated carbocycles. The van der Waals surface area contributed by atoms with Gasteiger partial charge >= 0.3 is 12.4 Å². The first-order valence-electron chi connectivity index (χ1n) is 4.82. The van der Waals surface area contributed by atoms with Crippen molar-refractivity contribution in [3.63, 3.8) is 0 Å². The number of fused-ring (bicyclic) bond motifs is 1. The van der Waals surface area contributed by atoms with Crippen molar-refractivity contribution in [3.05, 3.63) is 33.6 Å². The molecule has 108 valence electrons. The zero-order chi connectivity index (χ0) is 15.3. The molecule has 0 aliphatic rings. The number of aromatic nitrogens is 2. The fourth-order valence-electron chi connectivity index (χ4n) is 1.56. The molecule has 2 aromatic rings. The van der Waals surface area contributed by atoms with Crippen LogP contribution < -0.4 is 0 Å². The van der Waals surface area contributed by atoms with Crippen LogP contribution in [0, 0.1) is 10.1 Å². The lowest BCUT2D eigenvalue weighted by Crippen LogP contribution is -2.08. The maximum atomic E-state index is 12.7. The SMILES string of the molecule is O=[N+]([O-])c1cc(C(F)(F)F)c2nc(C(F)(F)F)[nH]c2c1. The molecule has 1 aromatic carbocycles. The number of nitrogens with one attached hydrogen (secondary N) is 1. The van der Waals surface area contributed by atoms with Crippen LogP contribution in [0.15, 0.2) is 12.1 Å². The van der Waals surface area contributed by atoms with Crippen molar-refractivity contribution in [2.45, 2.75) is 12.4 Å². The highest BCUT2D eigenvalue weighted by molar-refractivity contribution is 5.82. The standard InChI is InChI=1S/C9H3F6N3O2/c10-8(11,12)4-1-3(18(19)20)2-5-6(4)17-7(16-5)9(13,14)15/h1-2H,(H,16,17). The number of nitro benzene ring substituents is 1. The van der Waals surface area contributed by atoms with E-state index in [4.69, 9.17) is 0 Å². The van der Waals surface area contributed by atoms with E-state index in [0.29, 0.717) is 6.07 Å². The van der Waals surface area contributed by atoms with Gasteiger partial charge in [0.15, 0.2) is 0 Å². The number of alkyl halides is 6. The van der Waals surface area contributed by atoms with Gasteiger partial charge in [0.2, 0.25) is 5.82 Å². The molecule has 0 aliphatic heterocycles. The summed E-state index contributed by atoms with van der Waals surface area (Å²) in [5.41, 5.74) is -4.31. The number of nitro groups is 1. The molecule has 1 aromatic heterocycles. The van der Waals surface area contributed by atoms with E-state index in [0.717, 1.165) is 0 Å². The predicted molar refractivity (Wildman–Crippen MR) is 52.8 cm³/mol. The molecule has 0 aliphatic carbocycles. The van der Waals surface area contributed by atoms with Crippen molar-refractivity contribution >= 4 is 16.7 Å². The van der Waals surface area contributed by atoms with Crippen LogP contribution in [-0.4, -0.2) is 14.9 Å². The highest BCUT2D eigenvalue weighted by Crippen LogP contribution is 2.38. The predicted octanol–water partition coefficient (Wildman–Crippen LogP) is 3.51. The van der Waals surface area contributed by atoms with E-state index in [-0.39, 0.29) is 6.07 Å². The average molecular weight is 299 g/mol. The zero-order valence-electron chi connectivity index (χ0n) is 9.13. The number of hydrogen-bond acceptors (Lipinski definition) is 3. The normalized spacial score (nSPS) is 12.9. The molecule has 0 amide bonds. The summed E-state index contributed by atoms with van der Waals surface area (Å²) in [6.07, 6.45) is -10.1. The second-order valence-electron chi connectivity index (χ2n) is 3.73. The third-order valence-electron chi connectivity index (χ3n) is 2.36. The summed E-state index contributed by atoms with van der Waals surface area (Å²) in [6.45, 7) is 0. The molecule has 11 heteroatoms. The fraction of sp³-hybridized carbons (Fsp3) is 0.222. The van der Waals surface area contributed by atoms with E-state index in [9.17, 15) is 36.5 Å². The second kappa shape index (κ2) is 4.08. The van der Waals surface area contributed by atoms with Crippen molar-refractivity contribution in [1.29, 1.82) is 0 Å². The number of non-ortho nitro benzene ring substituents is 1. The van der Waals surface area contributed by atoms with Gasteiger partial charge in [0.25, 0.3) is 5.69 Å². The van der Waals surface area contributed by atoms with Crippen LogP contribution in [0.3, 0.4) is 0 Å². The molecule has 1 heterocycles. The van der Waals surface area contributed by atoms with Crippen molar-refractivity contribution in [2.75, 3.05) is 0 Å². The maximum absolute atomic E-state index is 12.7. The first-order valence-corrected chi connectivity index (χ1v) is 4.82. The van der Waals surface area contributed by atoms with E-state index in [1.54, 1.807) is 4.98 Å². The van der Waals surface area contributed by atoms with E-state index in [1.807, 2.05) is 0 Å². The lowest BCUT2D eigenvalue weighted by Gasteiger charge is -2.06. The summed E-state index contributed by atoms with van der Waals surface area (Å²) in [7, 11) is 0. The average Bonchev–Trinajstić information content (AvgIpc) is 2.68. The third kappa shape index (κ3) is 2.38. The molecule has 0 atom stereocenters. The first-order chi connectivity index (χ1) is 9.00. The van der Waals surface area contributed by atoms with Gasteiger partial charge in [0.1, 0.15) is 5.52 Å². The Balaban J connectivity index is 2.81. The van der Waals surface area contributed by atoms with Gasteiger partial charge in [-0.3, -0.25) is 10.1 Å². The van der Waals surface area contributed by atoms with Gasteiger partial charge < -0.3 is 4.98 Å². The third-order valence-corrected chi connectivity index (χ3v) is 2.36. The highest BCUT2D eigenvalue weighted by Gasteiger charge is 2.39. The number of H-pyrrole nitrogens is 1. The number of aromatic amines is 1. The zero-order valence-corrected chi connectivity index (χ0v) is 9.13. The van der Waals surface area contributed by atoms with E-state index in [1.165, 1.54) is 0 Å². The van der Waals surface area contributed by atoms with E-state index < -0.39 is 45.4 Å². The molecule has 0 radical (unpaired) electrons. The van der Waals surface area contributed by atoms with Crippen molar-refractivity contribution in [2.24, 2.45) is 0 Å². The molecule has 1 N–H and O–H groups in total. The molecule has 20 heavy (non-hydrogen) atoms. The van der Waals surface area contributed by atoms with Crippen LogP contribution >= 0.6 is 0 Å². The Morgan fingerprint density at radius 2 is 1.70 bits per heavy atom. The molecule has 0 fully saturated rings. The lowest BCUT2D eigenvalue weighted by molar-refractivity contribution is -0.385. The quantitative estimate of drug-likeness (QED) is 0.497. The molecular weight excluding hydrogens is 296 g/mol. The largest absolute Gasteiger partial charge is 0.449 e. The summed E-state index contributed by atoms with van der Waals surface area (Å²) < 4.78 is 75.3. The first kappa shape index (κ1) is 14.1. The van der Waals surface area contributed by atoms with Crippen LogP contribution in [-0.2, 0) is 12.4 Å². The molecule has 2 rings (SSSR count). The molecule has 0 saturated heterocycles. The molecule has 0 bridgehead atoms. The Morgan fingerprint density at radius 1 is 1.10 bits per heavy atom. The Hall–Kier alpha value is -2.33. The number of rotatable bonds is 1. The summed E-state index contributed by atoms with van der Waals surface area (Å²) in [5, 5.41) is 10.5. The second-order valence-corrected chi connectivity index (χ2v) is 3.73. The van der Waals surface area contributed by atoms with Crippen molar-refractivity contribution in [3.8, 4) is 0 Å². The number of halogens is 6. The fourth-order valence-corrected chi connectivity index (χ4v) is 1.56. The van der Waals surface area contributed by atoms with E-state index >= 15 is 0 Å². The maximum Gasteiger partial charge on any atom is 0.449 e. The summed E-state index contributed by atoms with van der Waals surface area (Å²) in [5.74, 6) is -1.65. The topological polar surface area (TPSA) is 71.8 Å². The van der Waals surface area contributed by atoms with Gasteiger partial charge in [0.05, 0.1) is 16.0 Å². The van der Waals surface area contributed by atoms with Crippen LogP contribution in [0.1, 0.15) is 11.4 Å². The Kier molecular flexibility index (Phi) is 2.87. The summed E-state index contributed by atoms with van der Waals surface area (Å²) in [4.78, 5) is 13.8. The van der Waals surface area contributed by atoms with Gasteiger partial charge in [-0.25, -0.2) is 4.98 Å². The smallest absolute Gasteiger partial charge is 0.334 e. The summed E-state index contributed by atoms with van der Waals surface area (Å²) in [6, 6.07) is 0.705. The number of imidazole rings is 1. The Labute approximate surface area is 105 Å². The minimum absolute atomic E-state index is 0.142. The Morgan fingerprint density at radius 3 is 2.15 bits per heavy atom. The number of nitrogens with zero attached hydrogens (tertiary/aromatic N) is 2. The van der Waals surface area contributed by atoms with Crippen molar-refractivity contribution < 1.29 is 31.3 Å². The van der Waals surface area contributed by atoms with Crippen LogP contribution in [0.4, 0.5) is 32.0 Å². The monoisotopic (exact) mass is 299 g/mol. The van der Waals surface area contributed by atoms with Crippen LogP contribution in [0.2, 0.25) is 0 Å². The summed E-state index contributed by atoms with van der Waals surface area (Å²) >= 11 is 0. The molecule has 0 unspecified atom stereocenters. The minimum Gasteiger partial charge on any atom is -0.334 e. The van der Waals surface area contributed by atoms with Gasteiger partial charge in [-0.2, -0.15) is 26.3 Å². The van der Waals surface area contributed by atoms with Gasteiger partial charge in [0, 0.05) is 12.1 Å². The number of hydrogen-bond donors (Lipinski definition) is 1. The highest BCUT2D eigenvalue weighted by atomic mass is 19.4. The minimum atomic E-state index is -5.07. The van der Waals surface area contributed by atoms with Gasteiger partial charge in [-0.05, 0) is 0 Å². The van der Waals surface area contributed by atoms with Gasteiger partial charge in [-0.15, -0.1) is 0 Å². The Bertz CT molecular complexity index is 687. The van der Waals surface area contributed by atoms with Crippen LogP contribution in [0.25, 0.3) is 11.0 Å². The van der Waals surface area contributed by atoms with Gasteiger partial charge in [-0.1, -0.05) is 0 Å².